The number of hydrogen-bond acceptors (Lipinski definition) is 9. The summed E-state index contributed by atoms with van der Waals surface area (Å²) in [6.45, 7) is 0. The zero-order valence-electron chi connectivity index (χ0n) is 28.3. The molecular weight excluding hydrogens is 752 g/mol. The highest BCUT2D eigenvalue weighted by Gasteiger charge is 2.41. The molecule has 7 rings (SSSR count). The zero-order valence-corrected chi connectivity index (χ0v) is 31.5. The number of nitrogens with zero attached hydrogens (tertiary/aromatic N) is 3. The Balaban J connectivity index is 1.05. The number of ether oxygens (including phenoxy) is 1. The first-order chi connectivity index (χ1) is 25.7. The van der Waals surface area contributed by atoms with Gasteiger partial charge in [0.2, 0.25) is 11.8 Å². The van der Waals surface area contributed by atoms with Gasteiger partial charge < -0.3 is 10.1 Å². The summed E-state index contributed by atoms with van der Waals surface area (Å²) in [5.41, 5.74) is 3.65. The molecule has 3 aromatic carbocycles. The van der Waals surface area contributed by atoms with Crippen LogP contribution >= 0.6 is 45.9 Å². The summed E-state index contributed by atoms with van der Waals surface area (Å²) in [5.74, 6) is -4.79. The number of thiazole rings is 2. The highest BCUT2D eigenvalue weighted by atomic mass is 35.5. The van der Waals surface area contributed by atoms with Crippen LogP contribution in [0.5, 0.6) is 0 Å². The number of halogens is 2. The molecule has 53 heavy (non-hydrogen) atoms. The lowest BCUT2D eigenvalue weighted by Gasteiger charge is -2.26. The van der Waals surface area contributed by atoms with Crippen LogP contribution in [0.4, 0.5) is 10.3 Å². The van der Waals surface area contributed by atoms with Gasteiger partial charge in [-0.2, -0.15) is 0 Å². The molecule has 2 aliphatic rings. The van der Waals surface area contributed by atoms with E-state index in [-0.39, 0.29) is 37.6 Å². The minimum atomic E-state index is -0.892. The largest absolute Gasteiger partial charge is 0.393 e. The Bertz CT molecular complexity index is 2170. The van der Waals surface area contributed by atoms with Crippen LogP contribution < -0.4 is 10.2 Å². The first-order valence-corrected chi connectivity index (χ1v) is 19.7. The lowest BCUT2D eigenvalue weighted by atomic mass is 9.82. The minimum absolute atomic E-state index is 0.0458. The van der Waals surface area contributed by atoms with Crippen molar-refractivity contribution in [2.45, 2.75) is 44.6 Å². The minimum Gasteiger partial charge on any atom is -0.393 e. The Morgan fingerprint density at radius 3 is 2.06 bits per heavy atom. The topological polar surface area (TPSA) is 119 Å². The lowest BCUT2D eigenvalue weighted by Crippen LogP contribution is -2.40. The number of benzene rings is 3. The third-order valence-corrected chi connectivity index (χ3v) is 11.5. The molecular formula is C40H34Cl2N4O5S2. The molecule has 2 heterocycles. The van der Waals surface area contributed by atoms with Gasteiger partial charge in [-0.1, -0.05) is 102 Å². The van der Waals surface area contributed by atoms with Crippen LogP contribution in [0.3, 0.4) is 0 Å². The highest BCUT2D eigenvalue weighted by Crippen LogP contribution is 2.39. The zero-order chi connectivity index (χ0) is 36.9. The third kappa shape index (κ3) is 8.76. The average Bonchev–Trinajstić information content (AvgIpc) is 3.69. The van der Waals surface area contributed by atoms with E-state index in [2.05, 4.69) is 10.3 Å². The van der Waals surface area contributed by atoms with Crippen molar-refractivity contribution < 1.29 is 23.9 Å². The third-order valence-electron chi connectivity index (χ3n) is 9.26. The molecule has 2 aliphatic carbocycles. The maximum Gasteiger partial charge on any atom is 0.317 e. The maximum atomic E-state index is 14.4. The molecule has 0 saturated heterocycles. The van der Waals surface area contributed by atoms with E-state index in [4.69, 9.17) is 32.9 Å². The predicted molar refractivity (Wildman–Crippen MR) is 209 cm³/mol. The molecule has 3 atom stereocenters. The highest BCUT2D eigenvalue weighted by molar-refractivity contribution is 7.14. The van der Waals surface area contributed by atoms with Gasteiger partial charge in [0.05, 0.1) is 35.6 Å². The number of nitrogens with one attached hydrogen (secondary N) is 1. The first kappa shape index (κ1) is 36.7. The fraction of sp³-hybridized carbons (Fsp3) is 0.250. The Labute approximate surface area is 324 Å². The van der Waals surface area contributed by atoms with E-state index in [0.717, 1.165) is 29.5 Å². The van der Waals surface area contributed by atoms with E-state index in [1.165, 1.54) is 22.7 Å². The van der Waals surface area contributed by atoms with E-state index in [1.54, 1.807) is 28.5 Å². The molecule has 0 radical (unpaired) electrons. The van der Waals surface area contributed by atoms with Gasteiger partial charge >= 0.3 is 11.9 Å². The number of aromatic nitrogens is 2. The molecule has 5 aromatic rings. The molecule has 0 spiro atoms. The Morgan fingerprint density at radius 2 is 1.40 bits per heavy atom. The van der Waals surface area contributed by atoms with Gasteiger partial charge in [0.1, 0.15) is 0 Å². The second kappa shape index (κ2) is 16.6. The van der Waals surface area contributed by atoms with Crippen molar-refractivity contribution in [3.63, 3.8) is 0 Å². The fourth-order valence-corrected chi connectivity index (χ4v) is 8.47. The maximum absolute atomic E-state index is 14.4. The quantitative estimate of drug-likeness (QED) is 0.0761. The lowest BCUT2D eigenvalue weighted by molar-refractivity contribution is -0.166. The molecule has 1 saturated carbocycles. The van der Waals surface area contributed by atoms with Crippen LogP contribution in [0, 0.1) is 17.8 Å². The van der Waals surface area contributed by atoms with Gasteiger partial charge in [-0.3, -0.25) is 24.1 Å². The van der Waals surface area contributed by atoms with Crippen LogP contribution in [0.25, 0.3) is 22.5 Å². The molecule has 9 nitrogen and oxygen atoms in total. The fourth-order valence-electron chi connectivity index (χ4n) is 6.39. The van der Waals surface area contributed by atoms with Crippen molar-refractivity contribution >= 4 is 79.9 Å². The molecule has 270 valence electrons. The number of carbonyl (C=O) groups excluding carboxylic acids is 4. The van der Waals surface area contributed by atoms with Crippen LogP contribution in [0.2, 0.25) is 10.0 Å². The van der Waals surface area contributed by atoms with Gasteiger partial charge in [0.25, 0.3) is 0 Å². The number of anilines is 2. The Morgan fingerprint density at radius 1 is 0.792 bits per heavy atom. The Hall–Kier alpha value is -4.68. The van der Waals surface area contributed by atoms with Crippen molar-refractivity contribution in [3.05, 3.63) is 117 Å². The predicted octanol–water partition coefficient (Wildman–Crippen LogP) is 9.28. The summed E-state index contributed by atoms with van der Waals surface area (Å²) in [5, 5.41) is 8.49. The summed E-state index contributed by atoms with van der Waals surface area (Å²) in [4.78, 5) is 66.0. The number of hydrogen-bond donors (Lipinski definition) is 1. The monoisotopic (exact) mass is 784 g/mol. The molecule has 2 unspecified atom stereocenters. The Kier molecular flexibility index (Phi) is 11.5. The molecule has 2 amide bonds. The van der Waals surface area contributed by atoms with Crippen molar-refractivity contribution in [1.29, 1.82) is 0 Å². The van der Waals surface area contributed by atoms with Gasteiger partial charge in [-0.05, 0) is 49.8 Å². The number of amides is 2. The molecule has 2 aromatic heterocycles. The molecule has 1 N–H and O–H groups in total. The molecule has 0 bridgehead atoms. The van der Waals surface area contributed by atoms with Crippen molar-refractivity contribution in [2.24, 2.45) is 17.8 Å². The standard InChI is InChI=1S/C40H34Cl2N4O5S2/c41-31-16-8-6-14-29(31)33-22-52-39(43-33)45-36(48)27-12-4-5-13-28(27)38(50)51-35(47)21-25(20-24-10-2-1-3-11-24)37(49)46(26-18-19-26)40-44-34(23-53-40)30-15-7-9-17-32(30)42/h1-11,14-17,22-23,25-28H,12-13,18-21H2,(H,43,45,48)/t25-,27?,28?/m1/s1. The number of allylic oxidation sites excluding steroid dienone is 2. The summed E-state index contributed by atoms with van der Waals surface area (Å²) in [6, 6.07) is 24.1. The van der Waals surface area contributed by atoms with Crippen LogP contribution in [0.1, 0.15) is 37.7 Å². The van der Waals surface area contributed by atoms with E-state index >= 15 is 0 Å². The van der Waals surface area contributed by atoms with Gasteiger partial charge in [-0.25, -0.2) is 9.97 Å². The van der Waals surface area contributed by atoms with Gasteiger partial charge in [-0.15, -0.1) is 22.7 Å². The summed E-state index contributed by atoms with van der Waals surface area (Å²) < 4.78 is 5.43. The molecule has 13 heteroatoms. The van der Waals surface area contributed by atoms with E-state index in [9.17, 15) is 19.2 Å². The van der Waals surface area contributed by atoms with E-state index in [1.807, 2.05) is 78.2 Å². The van der Waals surface area contributed by atoms with Crippen molar-refractivity contribution in [1.82, 2.24) is 9.97 Å². The van der Waals surface area contributed by atoms with Crippen molar-refractivity contribution in [3.8, 4) is 22.5 Å². The summed E-state index contributed by atoms with van der Waals surface area (Å²) in [7, 11) is 0. The summed E-state index contributed by atoms with van der Waals surface area (Å²) in [6.07, 6.45) is 5.72. The number of esters is 2. The first-order valence-electron chi connectivity index (χ1n) is 17.2. The smallest absolute Gasteiger partial charge is 0.317 e. The van der Waals surface area contributed by atoms with E-state index in [0.29, 0.717) is 31.7 Å². The second-order valence-electron chi connectivity index (χ2n) is 13.0. The molecule has 0 aliphatic heterocycles. The number of carbonyl (C=O) groups is 4. The second-order valence-corrected chi connectivity index (χ2v) is 15.5. The average molecular weight is 786 g/mol. The van der Waals surface area contributed by atoms with Crippen LogP contribution in [-0.4, -0.2) is 39.8 Å². The molecule has 1 fully saturated rings. The van der Waals surface area contributed by atoms with Crippen molar-refractivity contribution in [2.75, 3.05) is 10.2 Å². The normalized spacial score (nSPS) is 17.2. The number of rotatable bonds is 12. The SMILES string of the molecule is O=C(C[C@@H](Cc1ccccc1)C(=O)N(c1nc(-c2ccccc2Cl)cs1)C1CC1)OC(=O)C1CC=CCC1C(=O)Nc1nc(-c2ccccc2Cl)cs1. The summed E-state index contributed by atoms with van der Waals surface area (Å²) >= 11 is 15.4. The van der Waals surface area contributed by atoms with Crippen LogP contribution in [-0.2, 0) is 30.3 Å². The van der Waals surface area contributed by atoms with Gasteiger partial charge in [0, 0.05) is 38.0 Å². The van der Waals surface area contributed by atoms with Crippen LogP contribution in [0.15, 0.2) is 102 Å². The van der Waals surface area contributed by atoms with E-state index < -0.39 is 35.6 Å². The van der Waals surface area contributed by atoms with Gasteiger partial charge in [0.15, 0.2) is 10.3 Å².